The zero-order valence-electron chi connectivity index (χ0n) is 14.2. The molecule has 0 aromatic carbocycles. The third kappa shape index (κ3) is 4.81. The summed E-state index contributed by atoms with van der Waals surface area (Å²) in [5.41, 5.74) is 2.00. The van der Waals surface area contributed by atoms with Crippen LogP contribution in [0.15, 0.2) is 37.1 Å². The molecule has 0 bridgehead atoms. The van der Waals surface area contributed by atoms with Gasteiger partial charge in [0.2, 0.25) is 0 Å². The minimum absolute atomic E-state index is 0.00171. The summed E-state index contributed by atoms with van der Waals surface area (Å²) in [7, 11) is 0. The number of nitrogens with one attached hydrogen (secondary N) is 2. The molecule has 0 radical (unpaired) electrons. The molecular formula is C17H25N5O. The number of pyridine rings is 1. The summed E-state index contributed by atoms with van der Waals surface area (Å²) in [5.74, 6) is 0.248. The van der Waals surface area contributed by atoms with Crippen LogP contribution in [0.5, 0.6) is 0 Å². The van der Waals surface area contributed by atoms with Gasteiger partial charge in [0.05, 0.1) is 18.1 Å². The summed E-state index contributed by atoms with van der Waals surface area (Å²) in [6.07, 6.45) is 7.11. The van der Waals surface area contributed by atoms with Crippen molar-refractivity contribution in [3.8, 4) is 0 Å². The summed E-state index contributed by atoms with van der Waals surface area (Å²) in [5, 5.41) is 6.01. The number of aromatic nitrogens is 3. The number of hydrogen-bond acceptors (Lipinski definition) is 3. The standard InChI is InChI=1S/C17H25N5O/c1-12(2)15(16-13(3)6-5-7-19-16)21-17(23)20-14(4)10-22-9-8-18-11-22/h5-9,11-12,14-15H,10H2,1-4H3,(H2,20,21,23). The Morgan fingerprint density at radius 1 is 1.26 bits per heavy atom. The van der Waals surface area contributed by atoms with Crippen LogP contribution in [0.25, 0.3) is 0 Å². The van der Waals surface area contributed by atoms with Crippen molar-refractivity contribution in [3.05, 3.63) is 48.3 Å². The van der Waals surface area contributed by atoms with Gasteiger partial charge in [0.1, 0.15) is 0 Å². The minimum atomic E-state index is -0.179. The van der Waals surface area contributed by atoms with Gasteiger partial charge in [0, 0.05) is 31.2 Å². The fourth-order valence-electron chi connectivity index (χ4n) is 2.54. The number of hydrogen-bond donors (Lipinski definition) is 2. The quantitative estimate of drug-likeness (QED) is 0.861. The Hall–Kier alpha value is -2.37. The molecular weight excluding hydrogens is 290 g/mol. The molecule has 0 saturated heterocycles. The van der Waals surface area contributed by atoms with Crippen LogP contribution in [0.4, 0.5) is 4.79 Å². The lowest BCUT2D eigenvalue weighted by atomic mass is 9.97. The number of carbonyl (C=O) groups excluding carboxylic acids is 1. The summed E-state index contributed by atoms with van der Waals surface area (Å²) in [6.45, 7) is 8.82. The van der Waals surface area contributed by atoms with E-state index in [0.29, 0.717) is 6.54 Å². The Balaban J connectivity index is 1.97. The van der Waals surface area contributed by atoms with E-state index < -0.39 is 0 Å². The third-order valence-corrected chi connectivity index (χ3v) is 3.72. The maximum atomic E-state index is 12.3. The van der Waals surface area contributed by atoms with Gasteiger partial charge in [-0.3, -0.25) is 4.98 Å². The van der Waals surface area contributed by atoms with Gasteiger partial charge >= 0.3 is 6.03 Å². The van der Waals surface area contributed by atoms with Crippen LogP contribution >= 0.6 is 0 Å². The Morgan fingerprint density at radius 3 is 2.65 bits per heavy atom. The number of aryl methyl sites for hydroxylation is 1. The van der Waals surface area contributed by atoms with Crippen LogP contribution in [0, 0.1) is 12.8 Å². The number of amides is 2. The van der Waals surface area contributed by atoms with Gasteiger partial charge in [-0.15, -0.1) is 0 Å². The van der Waals surface area contributed by atoms with Gasteiger partial charge in [0.25, 0.3) is 0 Å². The molecule has 6 heteroatoms. The van der Waals surface area contributed by atoms with Crippen molar-refractivity contribution in [1.82, 2.24) is 25.2 Å². The highest BCUT2D eigenvalue weighted by Crippen LogP contribution is 2.22. The highest BCUT2D eigenvalue weighted by molar-refractivity contribution is 5.74. The zero-order chi connectivity index (χ0) is 16.8. The summed E-state index contributed by atoms with van der Waals surface area (Å²) < 4.78 is 1.94. The highest BCUT2D eigenvalue weighted by atomic mass is 16.2. The largest absolute Gasteiger partial charge is 0.335 e. The lowest BCUT2D eigenvalue weighted by Gasteiger charge is -2.25. The first-order chi connectivity index (χ1) is 11.0. The number of imidazole rings is 1. The van der Waals surface area contributed by atoms with E-state index in [-0.39, 0.29) is 24.0 Å². The number of carbonyl (C=O) groups is 1. The average molecular weight is 315 g/mol. The van der Waals surface area contributed by atoms with E-state index in [4.69, 9.17) is 0 Å². The van der Waals surface area contributed by atoms with Crippen molar-refractivity contribution in [2.45, 2.75) is 46.3 Å². The molecule has 2 atom stereocenters. The molecule has 2 rings (SSSR count). The van der Waals surface area contributed by atoms with Crippen molar-refractivity contribution in [2.24, 2.45) is 5.92 Å². The maximum Gasteiger partial charge on any atom is 0.315 e. The van der Waals surface area contributed by atoms with E-state index >= 15 is 0 Å². The first kappa shape index (κ1) is 17.0. The number of urea groups is 1. The van der Waals surface area contributed by atoms with Gasteiger partial charge in [0.15, 0.2) is 0 Å². The van der Waals surface area contributed by atoms with Crippen LogP contribution in [0.1, 0.15) is 38.1 Å². The van der Waals surface area contributed by atoms with Crippen LogP contribution in [-0.2, 0) is 6.54 Å². The lowest BCUT2D eigenvalue weighted by Crippen LogP contribution is -2.45. The van der Waals surface area contributed by atoms with E-state index in [9.17, 15) is 4.79 Å². The van der Waals surface area contributed by atoms with Crippen molar-refractivity contribution in [1.29, 1.82) is 0 Å². The smallest absolute Gasteiger partial charge is 0.315 e. The van der Waals surface area contributed by atoms with Gasteiger partial charge < -0.3 is 15.2 Å². The summed E-state index contributed by atoms with van der Waals surface area (Å²) in [6, 6.07) is 3.63. The van der Waals surface area contributed by atoms with Crippen molar-refractivity contribution in [2.75, 3.05) is 0 Å². The Morgan fingerprint density at radius 2 is 2.04 bits per heavy atom. The molecule has 0 saturated carbocycles. The van der Waals surface area contributed by atoms with E-state index in [1.165, 1.54) is 0 Å². The maximum absolute atomic E-state index is 12.3. The third-order valence-electron chi connectivity index (χ3n) is 3.72. The fourth-order valence-corrected chi connectivity index (χ4v) is 2.54. The molecule has 2 unspecified atom stereocenters. The second kappa shape index (κ2) is 7.76. The van der Waals surface area contributed by atoms with Crippen molar-refractivity contribution in [3.63, 3.8) is 0 Å². The van der Waals surface area contributed by atoms with Crippen molar-refractivity contribution >= 4 is 6.03 Å². The minimum Gasteiger partial charge on any atom is -0.335 e. The molecule has 6 nitrogen and oxygen atoms in total. The SMILES string of the molecule is Cc1cccnc1C(NC(=O)NC(C)Cn1ccnc1)C(C)C. The number of nitrogens with zero attached hydrogens (tertiary/aromatic N) is 3. The van der Waals surface area contributed by atoms with E-state index in [1.54, 1.807) is 18.7 Å². The molecule has 2 aromatic rings. The summed E-state index contributed by atoms with van der Waals surface area (Å²) >= 11 is 0. The van der Waals surface area contributed by atoms with Crippen molar-refractivity contribution < 1.29 is 4.79 Å². The number of rotatable bonds is 6. The Kier molecular flexibility index (Phi) is 5.73. The van der Waals surface area contributed by atoms with E-state index in [1.807, 2.05) is 36.7 Å². The molecule has 0 aliphatic carbocycles. The molecule has 0 spiro atoms. The van der Waals surface area contributed by atoms with Gasteiger partial charge in [-0.1, -0.05) is 19.9 Å². The van der Waals surface area contributed by atoms with E-state index in [2.05, 4.69) is 34.4 Å². The van der Waals surface area contributed by atoms with Crippen LogP contribution < -0.4 is 10.6 Å². The molecule has 0 aliphatic rings. The molecule has 2 aromatic heterocycles. The van der Waals surface area contributed by atoms with Crippen LogP contribution in [0.2, 0.25) is 0 Å². The fraction of sp³-hybridized carbons (Fsp3) is 0.471. The molecule has 0 aliphatic heterocycles. The predicted molar refractivity (Wildman–Crippen MR) is 89.9 cm³/mol. The first-order valence-corrected chi connectivity index (χ1v) is 7.91. The average Bonchev–Trinajstić information content (AvgIpc) is 2.98. The molecule has 2 heterocycles. The van der Waals surface area contributed by atoms with Crippen LogP contribution in [0.3, 0.4) is 0 Å². The molecule has 2 amide bonds. The Labute approximate surface area is 137 Å². The topological polar surface area (TPSA) is 71.8 Å². The van der Waals surface area contributed by atoms with Gasteiger partial charge in [-0.05, 0) is 31.4 Å². The normalized spacial score (nSPS) is 13.6. The highest BCUT2D eigenvalue weighted by Gasteiger charge is 2.21. The lowest BCUT2D eigenvalue weighted by molar-refractivity contribution is 0.228. The molecule has 0 fully saturated rings. The monoisotopic (exact) mass is 315 g/mol. The molecule has 2 N–H and O–H groups in total. The second-order valence-corrected chi connectivity index (χ2v) is 6.21. The van der Waals surface area contributed by atoms with Gasteiger partial charge in [-0.2, -0.15) is 0 Å². The van der Waals surface area contributed by atoms with E-state index in [0.717, 1.165) is 11.3 Å². The summed E-state index contributed by atoms with van der Waals surface area (Å²) in [4.78, 5) is 20.7. The van der Waals surface area contributed by atoms with Gasteiger partial charge in [-0.25, -0.2) is 9.78 Å². The zero-order valence-corrected chi connectivity index (χ0v) is 14.2. The second-order valence-electron chi connectivity index (χ2n) is 6.21. The molecule has 124 valence electrons. The predicted octanol–water partition coefficient (Wildman–Crippen LogP) is 2.67. The first-order valence-electron chi connectivity index (χ1n) is 7.91. The molecule has 23 heavy (non-hydrogen) atoms. The Bertz CT molecular complexity index is 624. The van der Waals surface area contributed by atoms with Crippen LogP contribution in [-0.4, -0.2) is 26.6 Å².